The normalized spacial score (nSPS) is 11.5. The van der Waals surface area contributed by atoms with Crippen LogP contribution < -0.4 is 4.90 Å². The Balaban J connectivity index is 2.72. The molecule has 0 saturated carbocycles. The Morgan fingerprint density at radius 1 is 1.12 bits per heavy atom. The van der Waals surface area contributed by atoms with Gasteiger partial charge < -0.3 is 9.32 Å². The second-order valence-electron chi connectivity index (χ2n) is 5.11. The highest BCUT2D eigenvalue weighted by molar-refractivity contribution is 6.17. The lowest BCUT2D eigenvalue weighted by Gasteiger charge is -2.23. The highest BCUT2D eigenvalue weighted by Crippen LogP contribution is 2.16. The summed E-state index contributed by atoms with van der Waals surface area (Å²) in [4.78, 5) is 2.15. The third-order valence-corrected chi connectivity index (χ3v) is 2.40. The van der Waals surface area contributed by atoms with Crippen molar-refractivity contribution in [3.63, 3.8) is 0 Å². The van der Waals surface area contributed by atoms with Gasteiger partial charge in [-0.1, -0.05) is 32.8 Å². The molecule has 1 heterocycles. The minimum atomic E-state index is 0.510. The monoisotopic (exact) mass is 259 g/mol. The van der Waals surface area contributed by atoms with Crippen molar-refractivity contribution in [3.8, 4) is 0 Å². The fraction of sp³-hybridized carbons (Fsp3) is 0.833. The average molecular weight is 260 g/mol. The molecule has 0 aliphatic carbocycles. The molecule has 0 fully saturated rings. The van der Waals surface area contributed by atoms with Crippen molar-refractivity contribution < 1.29 is 4.42 Å². The SMILES string of the molecule is CC(C)CN(CC(C)C)c1nnc(CCCl)o1. The fourth-order valence-corrected chi connectivity index (χ4v) is 1.83. The summed E-state index contributed by atoms with van der Waals surface area (Å²) in [6.45, 7) is 10.6. The van der Waals surface area contributed by atoms with E-state index in [1.54, 1.807) is 0 Å². The summed E-state index contributed by atoms with van der Waals surface area (Å²) in [6.07, 6.45) is 0.631. The zero-order chi connectivity index (χ0) is 12.8. The fourth-order valence-electron chi connectivity index (χ4n) is 1.67. The molecule has 0 bridgehead atoms. The van der Waals surface area contributed by atoms with Gasteiger partial charge >= 0.3 is 6.01 Å². The maximum absolute atomic E-state index is 5.65. The lowest BCUT2D eigenvalue weighted by molar-refractivity contribution is 0.457. The Morgan fingerprint density at radius 3 is 2.18 bits per heavy atom. The molecule has 17 heavy (non-hydrogen) atoms. The second kappa shape index (κ2) is 6.84. The second-order valence-corrected chi connectivity index (χ2v) is 5.49. The molecule has 1 rings (SSSR count). The molecule has 0 N–H and O–H groups in total. The van der Waals surface area contributed by atoms with E-state index in [9.17, 15) is 0 Å². The van der Waals surface area contributed by atoms with Crippen LogP contribution in [0.4, 0.5) is 6.01 Å². The molecule has 0 unspecified atom stereocenters. The molecule has 4 nitrogen and oxygen atoms in total. The smallest absolute Gasteiger partial charge is 0.318 e. The van der Waals surface area contributed by atoms with Gasteiger partial charge in [0.2, 0.25) is 5.89 Å². The van der Waals surface area contributed by atoms with Crippen molar-refractivity contribution >= 4 is 17.6 Å². The highest BCUT2D eigenvalue weighted by Gasteiger charge is 2.16. The number of aromatic nitrogens is 2. The zero-order valence-electron chi connectivity index (χ0n) is 11.1. The number of nitrogens with zero attached hydrogens (tertiary/aromatic N) is 3. The molecule has 0 spiro atoms. The van der Waals surface area contributed by atoms with E-state index in [2.05, 4.69) is 42.8 Å². The van der Waals surface area contributed by atoms with Gasteiger partial charge in [-0.2, -0.15) is 0 Å². The highest BCUT2D eigenvalue weighted by atomic mass is 35.5. The number of rotatable bonds is 7. The van der Waals surface area contributed by atoms with Gasteiger partial charge in [0.15, 0.2) is 0 Å². The predicted octanol–water partition coefficient (Wildman–Crippen LogP) is 2.97. The van der Waals surface area contributed by atoms with E-state index in [4.69, 9.17) is 16.0 Å². The van der Waals surface area contributed by atoms with Crippen LogP contribution in [0.2, 0.25) is 0 Å². The molecule has 0 aromatic carbocycles. The van der Waals surface area contributed by atoms with E-state index in [0.29, 0.717) is 36.0 Å². The van der Waals surface area contributed by atoms with Crippen molar-refractivity contribution in [1.82, 2.24) is 10.2 Å². The summed E-state index contributed by atoms with van der Waals surface area (Å²) >= 11 is 5.65. The van der Waals surface area contributed by atoms with Crippen LogP contribution in [0.3, 0.4) is 0 Å². The molecule has 0 amide bonds. The quantitative estimate of drug-likeness (QED) is 0.706. The van der Waals surface area contributed by atoms with Crippen LogP contribution in [0.1, 0.15) is 33.6 Å². The molecule has 98 valence electrons. The van der Waals surface area contributed by atoms with Gasteiger partial charge in [-0.25, -0.2) is 0 Å². The first kappa shape index (κ1) is 14.3. The molecule has 0 atom stereocenters. The van der Waals surface area contributed by atoms with E-state index in [-0.39, 0.29) is 0 Å². The first-order chi connectivity index (χ1) is 8.02. The predicted molar refractivity (Wildman–Crippen MR) is 70.6 cm³/mol. The Hall–Kier alpha value is -0.770. The third kappa shape index (κ3) is 4.94. The maximum atomic E-state index is 5.65. The Morgan fingerprint density at radius 2 is 1.71 bits per heavy atom. The molecule has 1 aromatic heterocycles. The van der Waals surface area contributed by atoms with Crippen molar-refractivity contribution in [1.29, 1.82) is 0 Å². The van der Waals surface area contributed by atoms with E-state index >= 15 is 0 Å². The summed E-state index contributed by atoms with van der Waals surface area (Å²) in [7, 11) is 0. The Labute approximate surface area is 108 Å². The van der Waals surface area contributed by atoms with Crippen LogP contribution in [0, 0.1) is 11.8 Å². The maximum Gasteiger partial charge on any atom is 0.318 e. The first-order valence-electron chi connectivity index (χ1n) is 6.16. The van der Waals surface area contributed by atoms with Crippen molar-refractivity contribution in [2.24, 2.45) is 11.8 Å². The number of aryl methyl sites for hydroxylation is 1. The lowest BCUT2D eigenvalue weighted by Crippen LogP contribution is -2.31. The number of hydrogen-bond acceptors (Lipinski definition) is 4. The molecule has 0 aliphatic heterocycles. The summed E-state index contributed by atoms with van der Waals surface area (Å²) in [6, 6.07) is 0.618. The number of halogens is 1. The summed E-state index contributed by atoms with van der Waals surface area (Å²) in [5, 5.41) is 8.09. The number of hydrogen-bond donors (Lipinski definition) is 0. The molecular weight excluding hydrogens is 238 g/mol. The topological polar surface area (TPSA) is 42.2 Å². The van der Waals surface area contributed by atoms with Crippen LogP contribution in [-0.4, -0.2) is 29.2 Å². The number of anilines is 1. The van der Waals surface area contributed by atoms with Crippen molar-refractivity contribution in [2.45, 2.75) is 34.1 Å². The average Bonchev–Trinajstić information content (AvgIpc) is 2.64. The summed E-state index contributed by atoms with van der Waals surface area (Å²) < 4.78 is 5.61. The molecule has 0 radical (unpaired) electrons. The Kier molecular flexibility index (Phi) is 5.75. The molecular formula is C12H22ClN3O. The van der Waals surface area contributed by atoms with Crippen LogP contribution in [0.15, 0.2) is 4.42 Å². The van der Waals surface area contributed by atoms with Crippen LogP contribution in [-0.2, 0) is 6.42 Å². The van der Waals surface area contributed by atoms with Gasteiger partial charge in [-0.3, -0.25) is 0 Å². The third-order valence-electron chi connectivity index (χ3n) is 2.21. The van der Waals surface area contributed by atoms with Gasteiger partial charge in [0.05, 0.1) is 0 Å². The van der Waals surface area contributed by atoms with E-state index in [1.807, 2.05) is 0 Å². The molecule has 0 aliphatic rings. The minimum Gasteiger partial charge on any atom is -0.408 e. The van der Waals surface area contributed by atoms with Crippen LogP contribution >= 0.6 is 11.6 Å². The van der Waals surface area contributed by atoms with Crippen LogP contribution in [0.25, 0.3) is 0 Å². The van der Waals surface area contributed by atoms with Gasteiger partial charge in [-0.05, 0) is 11.8 Å². The minimum absolute atomic E-state index is 0.510. The largest absolute Gasteiger partial charge is 0.408 e. The van der Waals surface area contributed by atoms with E-state index in [1.165, 1.54) is 0 Å². The van der Waals surface area contributed by atoms with Gasteiger partial charge in [0.25, 0.3) is 0 Å². The van der Waals surface area contributed by atoms with Crippen LogP contribution in [0.5, 0.6) is 0 Å². The summed E-state index contributed by atoms with van der Waals surface area (Å²) in [5.41, 5.74) is 0. The van der Waals surface area contributed by atoms with Crippen molar-refractivity contribution in [3.05, 3.63) is 5.89 Å². The first-order valence-corrected chi connectivity index (χ1v) is 6.69. The van der Waals surface area contributed by atoms with E-state index in [0.717, 1.165) is 13.1 Å². The van der Waals surface area contributed by atoms with Gasteiger partial charge in [-0.15, -0.1) is 16.7 Å². The van der Waals surface area contributed by atoms with Gasteiger partial charge in [0, 0.05) is 25.4 Å². The lowest BCUT2D eigenvalue weighted by atomic mass is 10.1. The summed E-state index contributed by atoms with van der Waals surface area (Å²) in [5.74, 6) is 2.26. The van der Waals surface area contributed by atoms with Gasteiger partial charge in [0.1, 0.15) is 0 Å². The van der Waals surface area contributed by atoms with Crippen molar-refractivity contribution in [2.75, 3.05) is 23.9 Å². The molecule has 1 aromatic rings. The Bertz CT molecular complexity index is 315. The number of alkyl halides is 1. The standard InChI is InChI=1S/C12H22ClN3O/c1-9(2)7-16(8-10(3)4)12-15-14-11(17-12)5-6-13/h9-10H,5-8H2,1-4H3. The zero-order valence-corrected chi connectivity index (χ0v) is 11.9. The molecule has 5 heteroatoms. The molecule has 0 saturated heterocycles. The van der Waals surface area contributed by atoms with E-state index < -0.39 is 0 Å².